The van der Waals surface area contributed by atoms with Gasteiger partial charge in [-0.25, -0.2) is 0 Å². The Morgan fingerprint density at radius 3 is 2.00 bits per heavy atom. The van der Waals surface area contributed by atoms with Crippen LogP contribution in [-0.2, 0) is 9.09 Å². The fourth-order valence-corrected chi connectivity index (χ4v) is 0. The van der Waals surface area contributed by atoms with Crippen LogP contribution in [0.5, 0.6) is 0 Å². The summed E-state index contributed by atoms with van der Waals surface area (Å²) in [5.74, 6) is 0. The fraction of sp³-hybridized carbons (Fsp3) is 1.00. The Kier molecular flexibility index (Phi) is 7.54. The molecule has 0 amide bonds. The largest absolute Gasteiger partial charge is 2.00 e. The van der Waals surface area contributed by atoms with Gasteiger partial charge in [0.2, 0.25) is 0 Å². The standard InChI is InChI=1S/C2H7O3P.Ba.2H/c1-5-6(2,3)4;;;/h1-2H3,(H,3,4);;;/q;+2;2*-1. The average Bonchev–Trinajstić information content (AvgIpc) is 1.35. The summed E-state index contributed by atoms with van der Waals surface area (Å²) in [4.78, 5) is 8.16. The van der Waals surface area contributed by atoms with E-state index in [1.807, 2.05) is 0 Å². The van der Waals surface area contributed by atoms with Crippen molar-refractivity contribution in [2.75, 3.05) is 13.8 Å². The minimum atomic E-state index is -3.15. The summed E-state index contributed by atoms with van der Waals surface area (Å²) in [5, 5.41) is 0. The van der Waals surface area contributed by atoms with Gasteiger partial charge in [-0.3, -0.25) is 4.57 Å². The second-order valence-electron chi connectivity index (χ2n) is 0.986. The molecule has 0 aromatic heterocycles. The van der Waals surface area contributed by atoms with Crippen LogP contribution < -0.4 is 0 Å². The molecule has 0 aliphatic heterocycles. The van der Waals surface area contributed by atoms with E-state index >= 15 is 0 Å². The van der Waals surface area contributed by atoms with E-state index in [9.17, 15) is 4.57 Å². The van der Waals surface area contributed by atoms with Crippen LogP contribution in [0.25, 0.3) is 0 Å². The minimum Gasteiger partial charge on any atom is -1.00 e. The Morgan fingerprint density at radius 1 is 1.86 bits per heavy atom. The quantitative estimate of drug-likeness (QED) is 0.537. The molecule has 0 heterocycles. The van der Waals surface area contributed by atoms with Gasteiger partial charge in [-0.15, -0.1) is 0 Å². The van der Waals surface area contributed by atoms with Crippen molar-refractivity contribution in [3.8, 4) is 0 Å². The van der Waals surface area contributed by atoms with Gasteiger partial charge in [0.1, 0.15) is 0 Å². The van der Waals surface area contributed by atoms with E-state index in [0.717, 1.165) is 6.66 Å². The summed E-state index contributed by atoms with van der Waals surface area (Å²) in [5.41, 5.74) is 0. The number of hydrogen-bond acceptors (Lipinski definition) is 2. The molecule has 0 radical (unpaired) electrons. The second kappa shape index (κ2) is 4.59. The normalized spacial score (nSPS) is 17.0. The minimum absolute atomic E-state index is 0. The van der Waals surface area contributed by atoms with Crippen molar-refractivity contribution in [1.29, 1.82) is 0 Å². The molecule has 0 aromatic carbocycles. The maximum atomic E-state index is 9.92. The molecule has 0 saturated carbocycles. The zero-order chi connectivity index (χ0) is 5.21. The van der Waals surface area contributed by atoms with Crippen LogP contribution in [0.4, 0.5) is 0 Å². The molecular weight excluding hydrogens is 240 g/mol. The van der Waals surface area contributed by atoms with Gasteiger partial charge in [0, 0.05) is 13.8 Å². The molecule has 0 spiro atoms. The first-order valence-corrected chi connectivity index (χ1v) is 3.45. The Morgan fingerprint density at radius 2 is 2.00 bits per heavy atom. The third-order valence-corrected chi connectivity index (χ3v) is 1.02. The smallest absolute Gasteiger partial charge is 1.00 e. The third kappa shape index (κ3) is 11.3. The zero-order valence-electron chi connectivity index (χ0n) is 6.42. The van der Waals surface area contributed by atoms with E-state index in [1.54, 1.807) is 0 Å². The molecule has 1 atom stereocenters. The van der Waals surface area contributed by atoms with Crippen molar-refractivity contribution in [1.82, 2.24) is 0 Å². The SMILES string of the molecule is COP(C)(=O)O.[Ba+2].[H-].[H-]. The molecule has 7 heavy (non-hydrogen) atoms. The van der Waals surface area contributed by atoms with Gasteiger partial charge in [0.25, 0.3) is 0 Å². The summed E-state index contributed by atoms with van der Waals surface area (Å²) in [7, 11) is -1.95. The molecule has 0 bridgehead atoms. The first-order chi connectivity index (χ1) is 2.56. The molecule has 0 fully saturated rings. The zero-order valence-corrected chi connectivity index (χ0v) is 9.75. The molecule has 0 saturated heterocycles. The first kappa shape index (κ1) is 11.5. The van der Waals surface area contributed by atoms with Crippen molar-refractivity contribution < 1.29 is 16.8 Å². The third-order valence-electron chi connectivity index (χ3n) is 0.339. The number of rotatable bonds is 1. The molecule has 5 heteroatoms. The Hall–Kier alpha value is 1.72. The molecule has 0 aromatic rings. The summed E-state index contributed by atoms with van der Waals surface area (Å²) in [6.07, 6.45) is 0. The summed E-state index contributed by atoms with van der Waals surface area (Å²) in [6, 6.07) is 0. The Labute approximate surface area is 86.0 Å². The maximum Gasteiger partial charge on any atom is 2.00 e. The topological polar surface area (TPSA) is 46.5 Å². The molecule has 1 unspecified atom stereocenters. The van der Waals surface area contributed by atoms with Crippen LogP contribution in [-0.4, -0.2) is 67.5 Å². The van der Waals surface area contributed by atoms with Gasteiger partial charge < -0.3 is 12.3 Å². The van der Waals surface area contributed by atoms with E-state index < -0.39 is 7.60 Å². The van der Waals surface area contributed by atoms with Gasteiger partial charge in [-0.1, -0.05) is 0 Å². The van der Waals surface area contributed by atoms with Crippen LogP contribution in [0, 0.1) is 0 Å². The summed E-state index contributed by atoms with van der Waals surface area (Å²) >= 11 is 0. The Balaban J connectivity index is -0.0000000417. The average molecular weight is 249 g/mol. The second-order valence-corrected chi connectivity index (χ2v) is 2.96. The van der Waals surface area contributed by atoms with Crippen LogP contribution >= 0.6 is 7.60 Å². The van der Waals surface area contributed by atoms with Gasteiger partial charge in [-0.2, -0.15) is 0 Å². The molecular formula is C2H9BaO3P. The monoisotopic (exact) mass is 250 g/mol. The van der Waals surface area contributed by atoms with Crippen molar-refractivity contribution in [2.45, 2.75) is 0 Å². The Bertz CT molecular complexity index is 83.9. The van der Waals surface area contributed by atoms with Crippen LogP contribution in [0.3, 0.4) is 0 Å². The fourth-order valence-electron chi connectivity index (χ4n) is 0. The van der Waals surface area contributed by atoms with E-state index in [1.165, 1.54) is 7.11 Å². The van der Waals surface area contributed by atoms with Gasteiger partial charge in [-0.05, 0) is 0 Å². The molecule has 0 aliphatic rings. The van der Waals surface area contributed by atoms with E-state index in [-0.39, 0.29) is 51.7 Å². The number of hydrogen-bond donors (Lipinski definition) is 1. The van der Waals surface area contributed by atoms with E-state index in [4.69, 9.17) is 4.89 Å². The summed E-state index contributed by atoms with van der Waals surface area (Å²) in [6.45, 7) is 1.13. The summed E-state index contributed by atoms with van der Waals surface area (Å²) < 4.78 is 14.0. The predicted molar refractivity (Wildman–Crippen MR) is 30.7 cm³/mol. The van der Waals surface area contributed by atoms with Gasteiger partial charge in [0.15, 0.2) is 0 Å². The van der Waals surface area contributed by atoms with Crippen molar-refractivity contribution in [3.05, 3.63) is 0 Å². The van der Waals surface area contributed by atoms with Crippen LogP contribution in [0.2, 0.25) is 0 Å². The van der Waals surface area contributed by atoms with Gasteiger partial charge in [0.05, 0.1) is 0 Å². The van der Waals surface area contributed by atoms with E-state index in [0.29, 0.717) is 0 Å². The maximum absolute atomic E-state index is 9.92. The molecule has 3 nitrogen and oxygen atoms in total. The van der Waals surface area contributed by atoms with E-state index in [2.05, 4.69) is 4.52 Å². The van der Waals surface area contributed by atoms with Gasteiger partial charge >= 0.3 is 56.5 Å². The molecule has 1 N–H and O–H groups in total. The van der Waals surface area contributed by atoms with Crippen molar-refractivity contribution in [2.24, 2.45) is 0 Å². The van der Waals surface area contributed by atoms with Crippen LogP contribution in [0.1, 0.15) is 2.85 Å². The van der Waals surface area contributed by atoms with Crippen LogP contribution in [0.15, 0.2) is 0 Å². The molecule has 0 rings (SSSR count). The molecule has 42 valence electrons. The first-order valence-electron chi connectivity index (χ1n) is 1.42. The predicted octanol–water partition coefficient (Wildman–Crippen LogP) is 0.292. The molecule has 0 aliphatic carbocycles. The van der Waals surface area contributed by atoms with Crippen molar-refractivity contribution >= 4 is 56.5 Å². The van der Waals surface area contributed by atoms with Crippen molar-refractivity contribution in [3.63, 3.8) is 0 Å².